The summed E-state index contributed by atoms with van der Waals surface area (Å²) in [7, 11) is -3.48. The molecule has 33 heavy (non-hydrogen) atoms. The maximum Gasteiger partial charge on any atom is 0.416 e. The largest absolute Gasteiger partial charge is 0.455 e. The van der Waals surface area contributed by atoms with E-state index in [9.17, 15) is 35.2 Å². The van der Waals surface area contributed by atoms with Crippen LogP contribution >= 0.6 is 0 Å². The number of urea groups is 1. The highest BCUT2D eigenvalue weighted by atomic mass is 32.2. The fraction of sp³-hybridized carbons (Fsp3) is 0.250. The molecule has 3 N–H and O–H groups in total. The summed E-state index contributed by atoms with van der Waals surface area (Å²) in [5, 5.41) is 3.77. The molecule has 13 heteroatoms. The zero-order valence-corrected chi connectivity index (χ0v) is 18.0. The monoisotopic (exact) mass is 491 g/mol. The number of fused-ring (bicyclic) bond motifs is 1. The maximum absolute atomic E-state index is 14.0. The summed E-state index contributed by atoms with van der Waals surface area (Å²) in [5.74, 6) is -2.96. The quantitative estimate of drug-likeness (QED) is 0.443. The lowest BCUT2D eigenvalue weighted by atomic mass is 10.1. The fourth-order valence-corrected chi connectivity index (χ4v) is 3.53. The van der Waals surface area contributed by atoms with E-state index < -0.39 is 51.3 Å². The van der Waals surface area contributed by atoms with Crippen LogP contribution < -0.4 is 15.4 Å². The molecule has 0 saturated carbocycles. The van der Waals surface area contributed by atoms with Gasteiger partial charge in [-0.2, -0.15) is 13.2 Å². The number of nitrogens with one attached hydrogen (secondary N) is 3. The molecule has 0 saturated heterocycles. The first-order valence-corrected chi connectivity index (χ1v) is 11.2. The van der Waals surface area contributed by atoms with E-state index in [2.05, 4.69) is 10.0 Å². The summed E-state index contributed by atoms with van der Waals surface area (Å²) in [6.45, 7) is 1.10. The molecule has 0 aliphatic heterocycles. The minimum Gasteiger partial charge on any atom is -0.455 e. The minimum absolute atomic E-state index is 0.0932. The van der Waals surface area contributed by atoms with Crippen molar-refractivity contribution >= 4 is 32.7 Å². The Kier molecular flexibility index (Phi) is 6.65. The van der Waals surface area contributed by atoms with Crippen molar-refractivity contribution in [3.05, 3.63) is 64.9 Å². The van der Waals surface area contributed by atoms with E-state index in [4.69, 9.17) is 4.42 Å². The van der Waals surface area contributed by atoms with E-state index in [-0.39, 0.29) is 23.2 Å². The number of carbonyl (C=O) groups excluding carboxylic acids is 1. The van der Waals surface area contributed by atoms with Gasteiger partial charge in [0.2, 0.25) is 10.0 Å². The molecule has 0 bridgehead atoms. The summed E-state index contributed by atoms with van der Waals surface area (Å²) in [6, 6.07) is 3.18. The Labute approximate surface area is 185 Å². The Morgan fingerprint density at radius 1 is 1.15 bits per heavy atom. The van der Waals surface area contributed by atoms with Gasteiger partial charge >= 0.3 is 12.2 Å². The highest BCUT2D eigenvalue weighted by Gasteiger charge is 2.45. The van der Waals surface area contributed by atoms with Crippen LogP contribution in [0.4, 0.5) is 32.4 Å². The molecular weight excluding hydrogens is 473 g/mol. The Hall–Kier alpha value is -3.19. The van der Waals surface area contributed by atoms with E-state index in [0.29, 0.717) is 11.6 Å². The number of rotatable bonds is 6. The van der Waals surface area contributed by atoms with Gasteiger partial charge in [0.05, 0.1) is 6.26 Å². The van der Waals surface area contributed by atoms with E-state index in [1.165, 1.54) is 25.1 Å². The van der Waals surface area contributed by atoms with Gasteiger partial charge in [0.1, 0.15) is 11.6 Å². The zero-order chi connectivity index (χ0) is 24.6. The van der Waals surface area contributed by atoms with E-state index >= 15 is 0 Å². The molecule has 0 unspecified atom stereocenters. The number of carbonyl (C=O) groups is 1. The van der Waals surface area contributed by atoms with Crippen LogP contribution in [-0.4, -0.2) is 26.9 Å². The van der Waals surface area contributed by atoms with Gasteiger partial charge in [-0.15, -0.1) is 0 Å². The Balaban J connectivity index is 1.84. The first-order valence-electron chi connectivity index (χ1n) is 9.30. The molecule has 0 fully saturated rings. The third-order valence-corrected chi connectivity index (χ3v) is 5.25. The molecular formula is C20H18F5N3O4S. The summed E-state index contributed by atoms with van der Waals surface area (Å²) in [6.07, 6.45) is -4.06. The minimum atomic E-state index is -5.02. The third-order valence-electron chi connectivity index (χ3n) is 4.58. The van der Waals surface area contributed by atoms with Gasteiger partial charge in [-0.3, -0.25) is 0 Å². The predicted octanol–water partition coefficient (Wildman–Crippen LogP) is 4.49. The molecule has 3 rings (SSSR count). The molecule has 0 aliphatic rings. The van der Waals surface area contributed by atoms with Crippen LogP contribution in [0.3, 0.4) is 0 Å². The number of benzene rings is 2. The van der Waals surface area contributed by atoms with Crippen molar-refractivity contribution in [1.29, 1.82) is 0 Å². The molecule has 0 spiro atoms. The topological polar surface area (TPSA) is 100 Å². The lowest BCUT2D eigenvalue weighted by molar-refractivity contribution is -0.158. The Morgan fingerprint density at radius 2 is 1.85 bits per heavy atom. The molecule has 0 radical (unpaired) electrons. The maximum atomic E-state index is 14.0. The number of halogens is 5. The fourth-order valence-electron chi connectivity index (χ4n) is 3.11. The first kappa shape index (κ1) is 24.5. The summed E-state index contributed by atoms with van der Waals surface area (Å²) >= 11 is 0. The molecule has 1 aromatic heterocycles. The normalized spacial score (nSPS) is 13.2. The average Bonchev–Trinajstić information content (AvgIpc) is 3.00. The Morgan fingerprint density at radius 3 is 2.48 bits per heavy atom. The van der Waals surface area contributed by atoms with Crippen LogP contribution in [0, 0.1) is 18.6 Å². The van der Waals surface area contributed by atoms with Crippen LogP contribution in [0.15, 0.2) is 40.8 Å². The molecule has 2 aromatic carbocycles. The standard InChI is InChI=1S/C20H18F5N3O4S/c1-10-14-7-12(21)8-15(22)17(14)32-16(10)18(20(23,24)25)28-19(29)27-13-5-3-4-11(6-13)9-26-33(2,30)31/h3-8,18,26H,9H2,1-2H3,(H2,27,28,29)/t18-/m1/s1. The SMILES string of the molecule is Cc1c([C@@H](NC(=O)Nc2cccc(CNS(C)(=O)=O)c2)C(F)(F)F)oc2c(F)cc(F)cc12. The lowest BCUT2D eigenvalue weighted by Gasteiger charge is -2.21. The number of anilines is 1. The second-order valence-electron chi connectivity index (χ2n) is 7.22. The highest BCUT2D eigenvalue weighted by Crippen LogP contribution is 2.39. The van der Waals surface area contributed by atoms with E-state index in [1.807, 2.05) is 0 Å². The molecule has 1 heterocycles. The molecule has 3 aromatic rings. The van der Waals surface area contributed by atoms with Crippen molar-refractivity contribution in [3.63, 3.8) is 0 Å². The van der Waals surface area contributed by atoms with Crippen molar-refractivity contribution in [2.24, 2.45) is 0 Å². The van der Waals surface area contributed by atoms with Gasteiger partial charge < -0.3 is 15.1 Å². The third kappa shape index (κ3) is 5.99. The van der Waals surface area contributed by atoms with Crippen LogP contribution in [0.25, 0.3) is 11.0 Å². The van der Waals surface area contributed by atoms with E-state index in [0.717, 1.165) is 12.3 Å². The molecule has 0 aliphatic carbocycles. The Bertz CT molecular complexity index is 1310. The van der Waals surface area contributed by atoms with Crippen molar-refractivity contribution in [3.8, 4) is 0 Å². The average molecular weight is 491 g/mol. The van der Waals surface area contributed by atoms with Gasteiger partial charge in [-0.05, 0) is 30.7 Å². The number of aryl methyl sites for hydroxylation is 1. The first-order chi connectivity index (χ1) is 15.2. The lowest BCUT2D eigenvalue weighted by Crippen LogP contribution is -2.40. The number of sulfonamides is 1. The van der Waals surface area contributed by atoms with Crippen LogP contribution in [0.5, 0.6) is 0 Å². The van der Waals surface area contributed by atoms with Crippen molar-refractivity contribution in [2.45, 2.75) is 25.7 Å². The van der Waals surface area contributed by atoms with Crippen LogP contribution in [0.1, 0.15) is 22.9 Å². The van der Waals surface area contributed by atoms with Gasteiger partial charge in [-0.25, -0.2) is 26.7 Å². The number of hydrogen-bond donors (Lipinski definition) is 3. The second-order valence-corrected chi connectivity index (χ2v) is 9.06. The van der Waals surface area contributed by atoms with Gasteiger partial charge in [0.25, 0.3) is 0 Å². The molecule has 2 amide bonds. The van der Waals surface area contributed by atoms with Crippen LogP contribution in [-0.2, 0) is 16.6 Å². The van der Waals surface area contributed by atoms with Crippen molar-refractivity contribution < 1.29 is 39.6 Å². The van der Waals surface area contributed by atoms with E-state index in [1.54, 1.807) is 11.4 Å². The number of furan rings is 1. The highest BCUT2D eigenvalue weighted by molar-refractivity contribution is 7.88. The summed E-state index contributed by atoms with van der Waals surface area (Å²) in [4.78, 5) is 12.3. The number of amides is 2. The summed E-state index contributed by atoms with van der Waals surface area (Å²) in [5.41, 5.74) is -0.210. The van der Waals surface area contributed by atoms with Crippen molar-refractivity contribution in [1.82, 2.24) is 10.0 Å². The molecule has 7 nitrogen and oxygen atoms in total. The zero-order valence-electron chi connectivity index (χ0n) is 17.2. The van der Waals surface area contributed by atoms with Crippen LogP contribution in [0.2, 0.25) is 0 Å². The van der Waals surface area contributed by atoms with Gasteiger partial charge in [0, 0.05) is 29.2 Å². The number of alkyl halides is 3. The second kappa shape index (κ2) is 8.98. The van der Waals surface area contributed by atoms with Gasteiger partial charge in [0.15, 0.2) is 17.4 Å². The van der Waals surface area contributed by atoms with Gasteiger partial charge in [-0.1, -0.05) is 12.1 Å². The molecule has 1 atom stereocenters. The predicted molar refractivity (Wildman–Crippen MR) is 110 cm³/mol. The summed E-state index contributed by atoms with van der Waals surface area (Å²) < 4.78 is 98.4. The smallest absolute Gasteiger partial charge is 0.416 e. The molecule has 178 valence electrons. The number of hydrogen-bond acceptors (Lipinski definition) is 4. The van der Waals surface area contributed by atoms with Crippen molar-refractivity contribution in [2.75, 3.05) is 11.6 Å².